The molecule has 27 heavy (non-hydrogen) atoms. The number of carbonyl (C=O) groups excluding carboxylic acids is 2. The molecule has 1 N–H and O–H groups in total. The highest BCUT2D eigenvalue weighted by molar-refractivity contribution is 8.00. The van der Waals surface area contributed by atoms with Gasteiger partial charge in [0.15, 0.2) is 6.54 Å². The van der Waals surface area contributed by atoms with Gasteiger partial charge < -0.3 is 24.2 Å². The minimum Gasteiger partial charge on any atom is -0.497 e. The van der Waals surface area contributed by atoms with E-state index in [1.54, 1.807) is 18.9 Å². The highest BCUT2D eigenvalue weighted by atomic mass is 32.2. The summed E-state index contributed by atoms with van der Waals surface area (Å²) >= 11 is 1.57. The van der Waals surface area contributed by atoms with Gasteiger partial charge in [-0.05, 0) is 24.3 Å². The number of hydrogen-bond donors (Lipinski definition) is 1. The number of nitrogens with zero attached hydrogens (tertiary/aromatic N) is 2. The average molecular weight is 395 g/mol. The van der Waals surface area contributed by atoms with Crippen molar-refractivity contribution >= 4 is 29.3 Å². The maximum atomic E-state index is 12.7. The van der Waals surface area contributed by atoms with Gasteiger partial charge in [0, 0.05) is 24.5 Å². The summed E-state index contributed by atoms with van der Waals surface area (Å²) in [6.07, 6.45) is 0. The largest absolute Gasteiger partial charge is 0.497 e. The zero-order valence-corrected chi connectivity index (χ0v) is 16.8. The van der Waals surface area contributed by atoms with E-state index in [4.69, 9.17) is 9.47 Å². The lowest BCUT2D eigenvalue weighted by atomic mass is 10.2. The maximum absolute atomic E-state index is 12.7. The van der Waals surface area contributed by atoms with Crippen molar-refractivity contribution in [3.63, 3.8) is 0 Å². The molecule has 2 heterocycles. The van der Waals surface area contributed by atoms with Crippen LogP contribution < -0.4 is 14.5 Å². The van der Waals surface area contributed by atoms with E-state index in [0.717, 1.165) is 37.7 Å². The molecule has 1 atom stereocenters. The average Bonchev–Trinajstić information content (AvgIpc) is 2.74. The second-order valence-corrected chi connectivity index (χ2v) is 8.14. The van der Waals surface area contributed by atoms with Gasteiger partial charge in [-0.3, -0.25) is 9.59 Å². The van der Waals surface area contributed by atoms with Gasteiger partial charge in [-0.2, -0.15) is 0 Å². The number of ether oxygens (including phenoxy) is 2. The van der Waals surface area contributed by atoms with E-state index in [0.29, 0.717) is 19.6 Å². The van der Waals surface area contributed by atoms with Crippen LogP contribution in [0, 0.1) is 0 Å². The Morgan fingerprint density at radius 1 is 1.15 bits per heavy atom. The molecule has 2 fully saturated rings. The van der Waals surface area contributed by atoms with Gasteiger partial charge in [0.05, 0.1) is 40.4 Å². The number of nitrogens with one attached hydrogen (secondary N) is 1. The van der Waals surface area contributed by atoms with E-state index in [-0.39, 0.29) is 17.1 Å². The smallest absolute Gasteiger partial charge is 0.320 e. The Kier molecular flexibility index (Phi) is 6.84. The second kappa shape index (κ2) is 9.32. The topological polar surface area (TPSA) is 63.5 Å². The van der Waals surface area contributed by atoms with Gasteiger partial charge in [-0.15, -0.1) is 11.8 Å². The van der Waals surface area contributed by atoms with Crippen molar-refractivity contribution in [2.75, 3.05) is 70.7 Å². The number of piperazine rings is 1. The molecule has 2 saturated heterocycles. The van der Waals surface area contributed by atoms with Crippen LogP contribution in [0.25, 0.3) is 0 Å². The van der Waals surface area contributed by atoms with Crippen LogP contribution in [-0.4, -0.2) is 87.8 Å². The summed E-state index contributed by atoms with van der Waals surface area (Å²) in [6, 6.07) is 8.11. The zero-order chi connectivity index (χ0) is 19.2. The SMILES string of the molecule is COC(=O)[C@@H]1CN(C(=O)C[NH+]2CCN(c3ccc(OC)cc3)CC2)CCS1. The van der Waals surface area contributed by atoms with Crippen molar-refractivity contribution in [2.24, 2.45) is 0 Å². The molecule has 0 unspecified atom stereocenters. The highest BCUT2D eigenvalue weighted by Gasteiger charge is 2.32. The van der Waals surface area contributed by atoms with Gasteiger partial charge >= 0.3 is 5.97 Å². The second-order valence-electron chi connectivity index (χ2n) is 6.83. The number of thioether (sulfide) groups is 1. The summed E-state index contributed by atoms with van der Waals surface area (Å²) in [6.45, 7) is 5.38. The molecule has 2 aliphatic heterocycles. The fourth-order valence-corrected chi connectivity index (χ4v) is 4.65. The number of esters is 1. The third-order valence-corrected chi connectivity index (χ3v) is 6.35. The number of anilines is 1. The highest BCUT2D eigenvalue weighted by Crippen LogP contribution is 2.20. The Hall–Kier alpha value is -1.93. The van der Waals surface area contributed by atoms with Gasteiger partial charge in [-0.25, -0.2) is 0 Å². The Bertz CT molecular complexity index is 647. The molecular formula is C19H28N3O4S+. The first-order valence-electron chi connectivity index (χ1n) is 9.30. The molecule has 0 radical (unpaired) electrons. The van der Waals surface area contributed by atoms with Crippen molar-refractivity contribution in [3.8, 4) is 5.75 Å². The Labute approximate surface area is 164 Å². The van der Waals surface area contributed by atoms with E-state index in [2.05, 4.69) is 17.0 Å². The first-order valence-corrected chi connectivity index (χ1v) is 10.4. The molecule has 148 valence electrons. The van der Waals surface area contributed by atoms with Crippen LogP contribution in [0.2, 0.25) is 0 Å². The van der Waals surface area contributed by atoms with E-state index in [1.807, 2.05) is 17.0 Å². The molecule has 0 bridgehead atoms. The van der Waals surface area contributed by atoms with Gasteiger partial charge in [0.2, 0.25) is 0 Å². The lowest BCUT2D eigenvalue weighted by molar-refractivity contribution is -0.892. The number of quaternary nitrogens is 1. The predicted octanol–water partition coefficient (Wildman–Crippen LogP) is -0.483. The van der Waals surface area contributed by atoms with Crippen molar-refractivity contribution in [2.45, 2.75) is 5.25 Å². The fourth-order valence-electron chi connectivity index (χ4n) is 3.53. The third kappa shape index (κ3) is 5.07. The van der Waals surface area contributed by atoms with Crippen LogP contribution in [0.4, 0.5) is 5.69 Å². The molecular weight excluding hydrogens is 366 g/mol. The number of amides is 1. The number of rotatable bonds is 5. The summed E-state index contributed by atoms with van der Waals surface area (Å²) in [7, 11) is 3.07. The Morgan fingerprint density at radius 3 is 2.48 bits per heavy atom. The first-order chi connectivity index (χ1) is 13.1. The molecule has 1 aromatic carbocycles. The van der Waals surface area contributed by atoms with Crippen molar-refractivity contribution < 1.29 is 24.0 Å². The molecule has 3 rings (SSSR count). The molecule has 0 saturated carbocycles. The van der Waals surface area contributed by atoms with Gasteiger partial charge in [-0.1, -0.05) is 0 Å². The number of carbonyl (C=O) groups is 2. The van der Waals surface area contributed by atoms with E-state index < -0.39 is 0 Å². The summed E-state index contributed by atoms with van der Waals surface area (Å²) in [5.74, 6) is 1.54. The standard InChI is InChI=1S/C19H27N3O4S/c1-25-16-5-3-15(4-6-16)21-9-7-20(8-10-21)14-18(23)22-11-12-27-17(13-22)19(24)26-2/h3-6,17H,7-14H2,1-2H3/p+1/t17-/m0/s1. The fraction of sp³-hybridized carbons (Fsp3) is 0.579. The van der Waals surface area contributed by atoms with E-state index >= 15 is 0 Å². The maximum Gasteiger partial charge on any atom is 0.320 e. The quantitative estimate of drug-likeness (QED) is 0.681. The Balaban J connectivity index is 1.47. The minimum absolute atomic E-state index is 0.136. The minimum atomic E-state index is -0.255. The van der Waals surface area contributed by atoms with Crippen LogP contribution in [0.3, 0.4) is 0 Å². The van der Waals surface area contributed by atoms with Crippen LogP contribution in [-0.2, 0) is 14.3 Å². The van der Waals surface area contributed by atoms with Crippen LogP contribution in [0.1, 0.15) is 0 Å². The molecule has 1 amide bonds. The first kappa shape index (κ1) is 19.8. The monoisotopic (exact) mass is 394 g/mol. The summed E-state index contributed by atoms with van der Waals surface area (Å²) in [4.78, 5) is 29.9. The van der Waals surface area contributed by atoms with Gasteiger partial charge in [0.25, 0.3) is 5.91 Å². The van der Waals surface area contributed by atoms with Gasteiger partial charge in [0.1, 0.15) is 11.0 Å². The lowest BCUT2D eigenvalue weighted by Gasteiger charge is -2.35. The summed E-state index contributed by atoms with van der Waals surface area (Å²) in [5.41, 5.74) is 1.19. The molecule has 0 spiro atoms. The zero-order valence-electron chi connectivity index (χ0n) is 16.0. The predicted molar refractivity (Wildman–Crippen MR) is 106 cm³/mol. The normalized spacial score (nSPS) is 21.0. The van der Waals surface area contributed by atoms with E-state index in [1.165, 1.54) is 17.7 Å². The molecule has 8 heteroatoms. The Morgan fingerprint density at radius 2 is 1.85 bits per heavy atom. The van der Waals surface area contributed by atoms with Crippen molar-refractivity contribution in [1.82, 2.24) is 4.90 Å². The molecule has 0 aromatic heterocycles. The third-order valence-electron chi connectivity index (χ3n) is 5.19. The van der Waals surface area contributed by atoms with Crippen LogP contribution in [0.5, 0.6) is 5.75 Å². The molecule has 0 aliphatic carbocycles. The summed E-state index contributed by atoms with van der Waals surface area (Å²) < 4.78 is 10.0. The van der Waals surface area contributed by atoms with Crippen LogP contribution >= 0.6 is 11.8 Å². The van der Waals surface area contributed by atoms with E-state index in [9.17, 15) is 9.59 Å². The van der Waals surface area contributed by atoms with Crippen molar-refractivity contribution in [1.29, 1.82) is 0 Å². The summed E-state index contributed by atoms with van der Waals surface area (Å²) in [5, 5.41) is -0.255. The van der Waals surface area contributed by atoms with Crippen molar-refractivity contribution in [3.05, 3.63) is 24.3 Å². The molecule has 1 aromatic rings. The lowest BCUT2D eigenvalue weighted by Crippen LogP contribution is -3.16. The number of benzene rings is 1. The molecule has 7 nitrogen and oxygen atoms in total. The number of hydrogen-bond acceptors (Lipinski definition) is 6. The number of methoxy groups -OCH3 is 2. The van der Waals surface area contributed by atoms with Crippen LogP contribution in [0.15, 0.2) is 24.3 Å². The molecule has 2 aliphatic rings.